The van der Waals surface area contributed by atoms with Crippen LogP contribution in [0.15, 0.2) is 30.9 Å². The molecule has 1 N–H and O–H groups in total. The maximum atomic E-state index is 13.5. The first-order chi connectivity index (χ1) is 16.7. The molecule has 0 unspecified atom stereocenters. The van der Waals surface area contributed by atoms with Gasteiger partial charge in [-0.2, -0.15) is 0 Å². The van der Waals surface area contributed by atoms with Crippen LogP contribution in [0.25, 0.3) is 0 Å². The molecule has 3 heterocycles. The predicted molar refractivity (Wildman–Crippen MR) is 131 cm³/mol. The van der Waals surface area contributed by atoms with Gasteiger partial charge >= 0.3 is 0 Å². The zero-order valence-corrected chi connectivity index (χ0v) is 20.9. The molecule has 2 amide bonds. The lowest BCUT2D eigenvalue weighted by atomic mass is 9.99. The SMILES string of the molecule is CC(C)CC#Cc1cnc2c(c1)C(=O)N([C@@H](C)CO)C[C@@H](C)[C@H](CN(C)C(=O)c1cnccn1)O2. The van der Waals surface area contributed by atoms with Crippen molar-refractivity contribution in [2.45, 2.75) is 46.3 Å². The van der Waals surface area contributed by atoms with Gasteiger partial charge in [-0.3, -0.25) is 14.6 Å². The van der Waals surface area contributed by atoms with Crippen LogP contribution in [0.1, 0.15) is 60.5 Å². The van der Waals surface area contributed by atoms with Crippen LogP contribution in [-0.4, -0.2) is 80.6 Å². The second-order valence-corrected chi connectivity index (χ2v) is 9.38. The van der Waals surface area contributed by atoms with Crippen molar-refractivity contribution in [3.8, 4) is 17.7 Å². The summed E-state index contributed by atoms with van der Waals surface area (Å²) in [4.78, 5) is 41.9. The van der Waals surface area contributed by atoms with E-state index in [0.29, 0.717) is 23.6 Å². The number of aliphatic hydroxyl groups excluding tert-OH is 1. The van der Waals surface area contributed by atoms with E-state index in [9.17, 15) is 14.7 Å². The zero-order chi connectivity index (χ0) is 25.5. The summed E-state index contributed by atoms with van der Waals surface area (Å²) in [5.41, 5.74) is 1.15. The first kappa shape index (κ1) is 26.1. The van der Waals surface area contributed by atoms with Crippen molar-refractivity contribution in [1.29, 1.82) is 0 Å². The fourth-order valence-corrected chi connectivity index (χ4v) is 3.70. The Kier molecular flexibility index (Phi) is 8.77. The van der Waals surface area contributed by atoms with E-state index in [-0.39, 0.29) is 42.5 Å². The molecule has 1 aliphatic rings. The fraction of sp³-hybridized carbons (Fsp3) is 0.500. The first-order valence-corrected chi connectivity index (χ1v) is 11.8. The van der Waals surface area contributed by atoms with Crippen LogP contribution in [0.4, 0.5) is 0 Å². The van der Waals surface area contributed by atoms with E-state index in [4.69, 9.17) is 4.74 Å². The largest absolute Gasteiger partial charge is 0.472 e. The van der Waals surface area contributed by atoms with Crippen LogP contribution in [0, 0.1) is 23.7 Å². The highest BCUT2D eigenvalue weighted by molar-refractivity contribution is 5.97. The van der Waals surface area contributed by atoms with Gasteiger partial charge in [0.1, 0.15) is 17.4 Å². The Morgan fingerprint density at radius 2 is 2.06 bits per heavy atom. The minimum atomic E-state index is -0.453. The molecule has 0 aromatic carbocycles. The monoisotopic (exact) mass is 479 g/mol. The smallest absolute Gasteiger partial charge is 0.273 e. The molecule has 0 radical (unpaired) electrons. The van der Waals surface area contributed by atoms with Gasteiger partial charge in [-0.1, -0.05) is 32.6 Å². The maximum Gasteiger partial charge on any atom is 0.273 e. The molecule has 1 aliphatic heterocycles. The number of hydrogen-bond donors (Lipinski definition) is 1. The molecule has 3 rings (SSSR count). The van der Waals surface area contributed by atoms with Gasteiger partial charge in [0.2, 0.25) is 5.88 Å². The van der Waals surface area contributed by atoms with Gasteiger partial charge in [0.05, 0.1) is 25.4 Å². The molecule has 35 heavy (non-hydrogen) atoms. The van der Waals surface area contributed by atoms with Gasteiger partial charge in [0, 0.05) is 50.1 Å². The molecule has 0 bridgehead atoms. The molecule has 9 heteroatoms. The number of carbonyl (C=O) groups is 2. The number of ether oxygens (including phenoxy) is 1. The summed E-state index contributed by atoms with van der Waals surface area (Å²) >= 11 is 0. The molecule has 0 aliphatic carbocycles. The third kappa shape index (κ3) is 6.55. The highest BCUT2D eigenvalue weighted by Gasteiger charge is 2.34. The van der Waals surface area contributed by atoms with Gasteiger partial charge < -0.3 is 19.6 Å². The van der Waals surface area contributed by atoms with E-state index in [1.165, 1.54) is 23.5 Å². The summed E-state index contributed by atoms with van der Waals surface area (Å²) in [6, 6.07) is 1.29. The molecule has 3 atom stereocenters. The maximum absolute atomic E-state index is 13.5. The van der Waals surface area contributed by atoms with Gasteiger partial charge in [0.15, 0.2) is 0 Å². The number of aromatic nitrogens is 3. The number of likely N-dealkylation sites (N-methyl/N-ethyl adjacent to an activating group) is 1. The Morgan fingerprint density at radius 1 is 1.29 bits per heavy atom. The molecule has 2 aromatic rings. The lowest BCUT2D eigenvalue weighted by molar-refractivity contribution is 0.0312. The van der Waals surface area contributed by atoms with E-state index < -0.39 is 12.1 Å². The van der Waals surface area contributed by atoms with Crippen LogP contribution in [0.5, 0.6) is 5.88 Å². The third-order valence-corrected chi connectivity index (χ3v) is 5.85. The standard InChI is InChI=1S/C26H33N5O4/c1-17(2)7-6-8-20-11-21-24(29-12-20)35-23(18(3)14-31(25(21)33)19(4)16-32)15-30(5)26(34)22-13-27-9-10-28-22/h9-13,17-19,23,32H,7,14-16H2,1-5H3/t18-,19+,23+/m1/s1. The number of fused-ring (bicyclic) bond motifs is 1. The molecule has 9 nitrogen and oxygen atoms in total. The van der Waals surface area contributed by atoms with Crippen molar-refractivity contribution < 1.29 is 19.4 Å². The van der Waals surface area contributed by atoms with Gasteiger partial charge in [-0.25, -0.2) is 9.97 Å². The number of amides is 2. The van der Waals surface area contributed by atoms with Crippen molar-refractivity contribution in [3.05, 3.63) is 47.7 Å². The van der Waals surface area contributed by atoms with Crippen molar-refractivity contribution in [2.75, 3.05) is 26.7 Å². The highest BCUT2D eigenvalue weighted by Crippen LogP contribution is 2.27. The van der Waals surface area contributed by atoms with Crippen LogP contribution in [-0.2, 0) is 0 Å². The molecule has 0 saturated heterocycles. The highest BCUT2D eigenvalue weighted by atomic mass is 16.5. The quantitative estimate of drug-likeness (QED) is 0.633. The van der Waals surface area contributed by atoms with Crippen LogP contribution < -0.4 is 4.74 Å². The molecular weight excluding hydrogens is 446 g/mol. The van der Waals surface area contributed by atoms with E-state index >= 15 is 0 Å². The van der Waals surface area contributed by atoms with E-state index in [2.05, 4.69) is 40.6 Å². The summed E-state index contributed by atoms with van der Waals surface area (Å²) in [7, 11) is 1.67. The minimum Gasteiger partial charge on any atom is -0.472 e. The zero-order valence-electron chi connectivity index (χ0n) is 20.9. The summed E-state index contributed by atoms with van der Waals surface area (Å²) in [6.07, 6.45) is 6.28. The number of nitrogens with zero attached hydrogens (tertiary/aromatic N) is 5. The van der Waals surface area contributed by atoms with Crippen molar-refractivity contribution in [1.82, 2.24) is 24.8 Å². The topological polar surface area (TPSA) is 109 Å². The number of carbonyl (C=O) groups excluding carboxylic acids is 2. The summed E-state index contributed by atoms with van der Waals surface area (Å²) in [5.74, 6) is 6.12. The molecule has 0 fully saturated rings. The predicted octanol–water partition coefficient (Wildman–Crippen LogP) is 2.26. The molecule has 186 valence electrons. The van der Waals surface area contributed by atoms with E-state index in [0.717, 1.165) is 6.42 Å². The van der Waals surface area contributed by atoms with Gasteiger partial charge in [0.25, 0.3) is 11.8 Å². The van der Waals surface area contributed by atoms with Gasteiger partial charge in [-0.05, 0) is 18.9 Å². The number of pyridine rings is 1. The fourth-order valence-electron chi connectivity index (χ4n) is 3.70. The average molecular weight is 480 g/mol. The molecule has 0 saturated carbocycles. The summed E-state index contributed by atoms with van der Waals surface area (Å²) in [6.45, 7) is 8.35. The second-order valence-electron chi connectivity index (χ2n) is 9.38. The molecule has 2 aromatic heterocycles. The van der Waals surface area contributed by atoms with Crippen molar-refractivity contribution >= 4 is 11.8 Å². The lowest BCUT2D eigenvalue weighted by Crippen LogP contribution is -2.50. The Hall–Kier alpha value is -3.51. The van der Waals surface area contributed by atoms with Crippen LogP contribution in [0.3, 0.4) is 0 Å². The Bertz CT molecular complexity index is 1100. The Labute approximate surface area is 206 Å². The molecule has 0 spiro atoms. The third-order valence-electron chi connectivity index (χ3n) is 5.85. The summed E-state index contributed by atoms with van der Waals surface area (Å²) < 4.78 is 6.24. The van der Waals surface area contributed by atoms with Crippen molar-refractivity contribution in [2.24, 2.45) is 11.8 Å². The van der Waals surface area contributed by atoms with E-state index in [1.807, 2.05) is 6.92 Å². The second kappa shape index (κ2) is 11.8. The lowest BCUT2D eigenvalue weighted by Gasteiger charge is -2.37. The number of hydrogen-bond acceptors (Lipinski definition) is 7. The van der Waals surface area contributed by atoms with Crippen LogP contribution >= 0.6 is 0 Å². The molecular formula is C26H33N5O4. The van der Waals surface area contributed by atoms with Crippen molar-refractivity contribution in [3.63, 3.8) is 0 Å². The summed E-state index contributed by atoms with van der Waals surface area (Å²) in [5, 5.41) is 9.81. The van der Waals surface area contributed by atoms with Gasteiger partial charge in [-0.15, -0.1) is 0 Å². The van der Waals surface area contributed by atoms with Crippen LogP contribution in [0.2, 0.25) is 0 Å². The average Bonchev–Trinajstić information content (AvgIpc) is 2.85. The van der Waals surface area contributed by atoms with E-state index in [1.54, 1.807) is 31.1 Å². The Morgan fingerprint density at radius 3 is 2.71 bits per heavy atom. The first-order valence-electron chi connectivity index (χ1n) is 11.8. The number of rotatable bonds is 6. The normalized spacial score (nSPS) is 18.5. The Balaban J connectivity index is 1.93. The number of aliphatic hydroxyl groups is 1. The minimum absolute atomic E-state index is 0.148.